The van der Waals surface area contributed by atoms with E-state index in [1.807, 2.05) is 6.07 Å². The van der Waals surface area contributed by atoms with Crippen LogP contribution in [0.4, 0.5) is 10.5 Å². The molecule has 0 aliphatic rings. The molecule has 0 radical (unpaired) electrons. The van der Waals surface area contributed by atoms with Crippen molar-refractivity contribution in [3.63, 3.8) is 0 Å². The quantitative estimate of drug-likeness (QED) is 0.190. The minimum absolute atomic E-state index is 0.0186. The molecular formula is C24H31N3O6Si. The Bertz CT molecular complexity index is 1280. The van der Waals surface area contributed by atoms with Gasteiger partial charge in [-0.3, -0.25) is 19.5 Å². The Morgan fingerprint density at radius 3 is 2.44 bits per heavy atom. The zero-order chi connectivity index (χ0) is 25.3. The molecule has 0 spiro atoms. The highest BCUT2D eigenvalue weighted by molar-refractivity contribution is 6.76. The summed E-state index contributed by atoms with van der Waals surface area (Å²) in [4.78, 5) is 37.6. The predicted octanol–water partition coefficient (Wildman–Crippen LogP) is 5.47. The smallest absolute Gasteiger partial charge is 0.419 e. The van der Waals surface area contributed by atoms with E-state index in [-0.39, 0.29) is 23.7 Å². The molecule has 3 rings (SSSR count). The van der Waals surface area contributed by atoms with Gasteiger partial charge in [0.25, 0.3) is 11.2 Å². The molecule has 3 aromatic rings. The first kappa shape index (κ1) is 25.4. The maximum atomic E-state index is 13.4. The van der Waals surface area contributed by atoms with Crippen molar-refractivity contribution in [2.24, 2.45) is 0 Å². The first-order valence-corrected chi connectivity index (χ1v) is 14.8. The van der Waals surface area contributed by atoms with Gasteiger partial charge in [-0.25, -0.2) is 9.36 Å². The van der Waals surface area contributed by atoms with Crippen molar-refractivity contribution in [3.05, 3.63) is 63.1 Å². The molecule has 0 saturated heterocycles. The van der Waals surface area contributed by atoms with E-state index in [2.05, 4.69) is 19.6 Å². The number of nitrogens with zero attached hydrogens (tertiary/aromatic N) is 3. The number of carbonyl (C=O) groups excluding carboxylic acids is 1. The zero-order valence-corrected chi connectivity index (χ0v) is 21.5. The molecule has 1 aromatic carbocycles. The summed E-state index contributed by atoms with van der Waals surface area (Å²) in [5.41, 5.74) is -0.761. The van der Waals surface area contributed by atoms with Crippen molar-refractivity contribution in [2.45, 2.75) is 58.8 Å². The summed E-state index contributed by atoms with van der Waals surface area (Å²) in [6, 6.07) is 10.9. The van der Waals surface area contributed by atoms with E-state index in [9.17, 15) is 19.7 Å². The molecule has 0 fully saturated rings. The second-order valence-electron chi connectivity index (χ2n) is 10.4. The highest BCUT2D eigenvalue weighted by atomic mass is 28.3. The molecule has 0 N–H and O–H groups in total. The zero-order valence-electron chi connectivity index (χ0n) is 20.5. The normalized spacial score (nSPS) is 12.2. The number of carbonyl (C=O) groups is 1. The molecule has 9 nitrogen and oxygen atoms in total. The standard InChI is InChI=1S/C24H31N3O6Si/c1-24(2,3)33-23(29)26-20-10-8-7-9-17(20)13-21(26)19-14-18(27(30)31)15-25(22(19)28)16-32-11-12-34(4,5)6/h7-10,13-15H,11-12,16H2,1-6H3. The van der Waals surface area contributed by atoms with Gasteiger partial charge in [0.2, 0.25) is 0 Å². The molecule has 182 valence electrons. The molecular weight excluding hydrogens is 454 g/mol. The Labute approximate surface area is 199 Å². The lowest BCUT2D eigenvalue weighted by Crippen LogP contribution is -2.29. The number of nitro groups is 1. The molecule has 0 atom stereocenters. The number of para-hydroxylation sites is 1. The van der Waals surface area contributed by atoms with Gasteiger partial charge in [-0.15, -0.1) is 0 Å². The molecule has 0 saturated carbocycles. The van der Waals surface area contributed by atoms with E-state index in [0.717, 1.165) is 6.04 Å². The Balaban J connectivity index is 2.13. The van der Waals surface area contributed by atoms with Crippen LogP contribution in [0.5, 0.6) is 0 Å². The van der Waals surface area contributed by atoms with Crippen LogP contribution in [0.1, 0.15) is 20.8 Å². The van der Waals surface area contributed by atoms with Crippen LogP contribution in [-0.4, -0.2) is 40.4 Å². The first-order chi connectivity index (χ1) is 15.8. The van der Waals surface area contributed by atoms with Crippen LogP contribution >= 0.6 is 0 Å². The number of ether oxygens (including phenoxy) is 2. The molecule has 34 heavy (non-hydrogen) atoms. The van der Waals surface area contributed by atoms with Gasteiger partial charge in [0.05, 0.1) is 27.9 Å². The Morgan fingerprint density at radius 1 is 1.15 bits per heavy atom. The molecule has 0 bridgehead atoms. The Kier molecular flexibility index (Phi) is 7.13. The lowest BCUT2D eigenvalue weighted by atomic mass is 10.1. The largest absolute Gasteiger partial charge is 0.443 e. The fourth-order valence-corrected chi connectivity index (χ4v) is 4.15. The molecule has 2 aromatic heterocycles. The van der Waals surface area contributed by atoms with E-state index in [0.29, 0.717) is 17.5 Å². The van der Waals surface area contributed by atoms with Crippen LogP contribution in [0.3, 0.4) is 0 Å². The number of hydrogen-bond donors (Lipinski definition) is 0. The third-order valence-electron chi connectivity index (χ3n) is 5.07. The number of aromatic nitrogens is 2. The van der Waals surface area contributed by atoms with Gasteiger partial charge in [-0.2, -0.15) is 0 Å². The van der Waals surface area contributed by atoms with Gasteiger partial charge in [0.15, 0.2) is 0 Å². The van der Waals surface area contributed by atoms with Crippen molar-refractivity contribution < 1.29 is 19.2 Å². The number of rotatable bonds is 7. The summed E-state index contributed by atoms with van der Waals surface area (Å²) in [6.45, 7) is 12.2. The molecule has 0 aliphatic heterocycles. The van der Waals surface area contributed by atoms with Crippen LogP contribution in [-0.2, 0) is 16.2 Å². The average Bonchev–Trinajstić information content (AvgIpc) is 3.09. The minimum atomic E-state index is -1.34. The maximum Gasteiger partial charge on any atom is 0.419 e. The number of pyridine rings is 1. The molecule has 0 aliphatic carbocycles. The summed E-state index contributed by atoms with van der Waals surface area (Å²) in [7, 11) is -1.34. The third-order valence-corrected chi connectivity index (χ3v) is 6.78. The van der Waals surface area contributed by atoms with Crippen LogP contribution in [0, 0.1) is 10.1 Å². The van der Waals surface area contributed by atoms with Crippen molar-refractivity contribution in [1.82, 2.24) is 9.13 Å². The topological polar surface area (TPSA) is 106 Å². The molecule has 0 amide bonds. The van der Waals surface area contributed by atoms with Crippen LogP contribution in [0.2, 0.25) is 25.7 Å². The van der Waals surface area contributed by atoms with Crippen molar-refractivity contribution in [3.8, 4) is 11.3 Å². The van der Waals surface area contributed by atoms with Crippen molar-refractivity contribution in [2.75, 3.05) is 6.61 Å². The second kappa shape index (κ2) is 9.55. The summed E-state index contributed by atoms with van der Waals surface area (Å²) < 4.78 is 13.7. The summed E-state index contributed by atoms with van der Waals surface area (Å²) >= 11 is 0. The van der Waals surface area contributed by atoms with Gasteiger partial charge in [0.1, 0.15) is 12.3 Å². The molecule has 10 heteroatoms. The fourth-order valence-electron chi connectivity index (χ4n) is 3.40. The number of benzene rings is 1. The van der Waals surface area contributed by atoms with Gasteiger partial charge in [0, 0.05) is 26.1 Å². The van der Waals surface area contributed by atoms with E-state index in [4.69, 9.17) is 9.47 Å². The SMILES string of the molecule is CC(C)(C)OC(=O)n1c(-c2cc([N+](=O)[O-])cn(COCC[Si](C)(C)C)c2=O)cc2ccccc21. The van der Waals surface area contributed by atoms with Gasteiger partial charge in [-0.1, -0.05) is 37.8 Å². The van der Waals surface area contributed by atoms with Crippen LogP contribution in [0.25, 0.3) is 22.2 Å². The average molecular weight is 486 g/mol. The summed E-state index contributed by atoms with van der Waals surface area (Å²) in [5.74, 6) is 0. The predicted molar refractivity (Wildman–Crippen MR) is 134 cm³/mol. The van der Waals surface area contributed by atoms with Crippen LogP contribution in [0.15, 0.2) is 47.4 Å². The Hall–Kier alpha value is -3.24. The highest BCUT2D eigenvalue weighted by Crippen LogP contribution is 2.29. The molecule has 2 heterocycles. The van der Waals surface area contributed by atoms with Crippen molar-refractivity contribution in [1.29, 1.82) is 0 Å². The third kappa shape index (κ3) is 6.00. The van der Waals surface area contributed by atoms with Crippen molar-refractivity contribution >= 4 is 30.8 Å². The number of fused-ring (bicyclic) bond motifs is 1. The van der Waals surface area contributed by atoms with Gasteiger partial charge >= 0.3 is 6.09 Å². The van der Waals surface area contributed by atoms with Gasteiger partial charge in [-0.05, 0) is 38.9 Å². The van der Waals surface area contributed by atoms with E-state index < -0.39 is 30.3 Å². The minimum Gasteiger partial charge on any atom is -0.443 e. The maximum absolute atomic E-state index is 13.4. The number of hydrogen-bond acceptors (Lipinski definition) is 6. The lowest BCUT2D eigenvalue weighted by Gasteiger charge is -2.21. The first-order valence-electron chi connectivity index (χ1n) is 11.1. The Morgan fingerprint density at radius 2 is 1.82 bits per heavy atom. The summed E-state index contributed by atoms with van der Waals surface area (Å²) in [5, 5.41) is 12.3. The monoisotopic (exact) mass is 485 g/mol. The fraction of sp³-hybridized carbons (Fsp3) is 0.417. The molecule has 0 unspecified atom stereocenters. The van der Waals surface area contributed by atoms with E-state index in [1.165, 1.54) is 21.4 Å². The van der Waals surface area contributed by atoms with E-state index >= 15 is 0 Å². The van der Waals surface area contributed by atoms with E-state index in [1.54, 1.807) is 45.0 Å². The lowest BCUT2D eigenvalue weighted by molar-refractivity contribution is -0.385. The van der Waals surface area contributed by atoms with Crippen LogP contribution < -0.4 is 5.56 Å². The summed E-state index contributed by atoms with van der Waals surface area (Å²) in [6.07, 6.45) is 0.494. The highest BCUT2D eigenvalue weighted by Gasteiger charge is 2.26. The van der Waals surface area contributed by atoms with Gasteiger partial charge < -0.3 is 9.47 Å². The second-order valence-corrected chi connectivity index (χ2v) is 16.0.